The van der Waals surface area contributed by atoms with Gasteiger partial charge in [-0.2, -0.15) is 0 Å². The maximum absolute atomic E-state index is 9.55. The second-order valence-corrected chi connectivity index (χ2v) is 6.20. The van der Waals surface area contributed by atoms with E-state index in [4.69, 9.17) is 42.9 Å². The van der Waals surface area contributed by atoms with Crippen LogP contribution in [-0.2, 0) is 9.59 Å². The average molecular weight is 406 g/mol. The zero-order valence-corrected chi connectivity index (χ0v) is 15.7. The second-order valence-electron chi connectivity index (χ2n) is 5.36. The van der Waals surface area contributed by atoms with E-state index in [2.05, 4.69) is 5.32 Å². The highest BCUT2D eigenvalue weighted by atomic mass is 35.5. The summed E-state index contributed by atoms with van der Waals surface area (Å²) in [5, 5.41) is 20.1. The van der Waals surface area contributed by atoms with Gasteiger partial charge in [-0.1, -0.05) is 23.2 Å². The fraction of sp³-hybridized carbons (Fsp3) is 0.412. The summed E-state index contributed by atoms with van der Waals surface area (Å²) in [6.07, 6.45) is 4.56. The molecule has 26 heavy (non-hydrogen) atoms. The van der Waals surface area contributed by atoms with Crippen molar-refractivity contribution < 1.29 is 29.3 Å². The molecule has 144 valence electrons. The molecule has 0 saturated carbocycles. The molecule has 1 saturated heterocycles. The van der Waals surface area contributed by atoms with Crippen LogP contribution in [-0.4, -0.2) is 48.5 Å². The molecule has 9 heteroatoms. The number of hydrogen-bond donors (Lipinski definition) is 3. The Labute approximate surface area is 161 Å². The van der Waals surface area contributed by atoms with Crippen LogP contribution in [0.15, 0.2) is 24.3 Å². The van der Waals surface area contributed by atoms with Crippen LogP contribution in [0, 0.1) is 0 Å². The molecular weight excluding hydrogens is 385 g/mol. The maximum atomic E-state index is 9.55. The topological polar surface area (TPSA) is 105 Å². The van der Waals surface area contributed by atoms with Crippen molar-refractivity contribution in [3.8, 4) is 11.5 Å². The third kappa shape index (κ3) is 8.42. The highest BCUT2D eigenvalue weighted by Gasteiger charge is 2.15. The number of benzene rings is 1. The zero-order chi connectivity index (χ0) is 19.5. The van der Waals surface area contributed by atoms with Crippen LogP contribution >= 0.6 is 23.2 Å². The molecule has 1 aliphatic rings. The number of carboxylic acids is 2. The van der Waals surface area contributed by atoms with Crippen LogP contribution in [0.5, 0.6) is 11.5 Å². The Bertz CT molecular complexity index is 628. The van der Waals surface area contributed by atoms with Gasteiger partial charge in [-0.3, -0.25) is 0 Å². The van der Waals surface area contributed by atoms with Gasteiger partial charge >= 0.3 is 11.9 Å². The Hall–Kier alpha value is -1.96. The number of hydrogen-bond acceptors (Lipinski definition) is 5. The van der Waals surface area contributed by atoms with Crippen LogP contribution in [0.3, 0.4) is 0 Å². The lowest BCUT2D eigenvalue weighted by atomic mass is 10.2. The number of halogens is 2. The summed E-state index contributed by atoms with van der Waals surface area (Å²) >= 11 is 12.0. The van der Waals surface area contributed by atoms with Gasteiger partial charge in [0.15, 0.2) is 11.5 Å². The van der Waals surface area contributed by atoms with E-state index in [-0.39, 0.29) is 0 Å². The molecule has 3 N–H and O–H groups in total. The summed E-state index contributed by atoms with van der Waals surface area (Å²) in [6, 6.07) is 3.94. The van der Waals surface area contributed by atoms with Crippen molar-refractivity contribution in [3.63, 3.8) is 0 Å². The molecule has 0 spiro atoms. The first-order valence-electron chi connectivity index (χ1n) is 7.86. The number of nitrogens with one attached hydrogen (secondary N) is 1. The number of ether oxygens (including phenoxy) is 2. The fourth-order valence-corrected chi connectivity index (χ4v) is 2.85. The van der Waals surface area contributed by atoms with Gasteiger partial charge in [0.05, 0.1) is 18.7 Å². The monoisotopic (exact) mass is 405 g/mol. The number of aliphatic carboxylic acids is 2. The largest absolute Gasteiger partial charge is 0.491 e. The van der Waals surface area contributed by atoms with Crippen molar-refractivity contribution in [1.82, 2.24) is 5.32 Å². The van der Waals surface area contributed by atoms with Crippen molar-refractivity contribution in [1.29, 1.82) is 0 Å². The standard InChI is InChI=1S/C13H17Cl2NO2.C4H4O4/c1-17-13-11(15)7-9(14)8-12(13)18-6-4-10-3-2-5-16-10;5-3(6)1-2-4(7)8/h7-8,10,16H,2-6H2,1H3;1-2H,(H,5,6)(H,7,8)/b;2-1+. The third-order valence-electron chi connectivity index (χ3n) is 3.43. The van der Waals surface area contributed by atoms with Crippen molar-refractivity contribution in [2.24, 2.45) is 0 Å². The molecule has 7 nitrogen and oxygen atoms in total. The molecule has 0 radical (unpaired) electrons. The molecule has 1 aromatic rings. The predicted octanol–water partition coefficient (Wildman–Crippen LogP) is 3.23. The van der Waals surface area contributed by atoms with Crippen LogP contribution in [0.1, 0.15) is 19.3 Å². The highest BCUT2D eigenvalue weighted by molar-refractivity contribution is 6.35. The molecular formula is C17H21Cl2NO6. The highest BCUT2D eigenvalue weighted by Crippen LogP contribution is 2.37. The first kappa shape index (κ1) is 22.1. The van der Waals surface area contributed by atoms with Gasteiger partial charge in [-0.15, -0.1) is 0 Å². The van der Waals surface area contributed by atoms with E-state index in [9.17, 15) is 9.59 Å². The Kier molecular flexibility index (Phi) is 9.87. The van der Waals surface area contributed by atoms with Crippen molar-refractivity contribution >= 4 is 35.1 Å². The summed E-state index contributed by atoms with van der Waals surface area (Å²) in [6.45, 7) is 1.74. The molecule has 0 bridgehead atoms. The molecule has 1 heterocycles. The van der Waals surface area contributed by atoms with Gasteiger partial charge in [0.1, 0.15) is 0 Å². The minimum absolute atomic E-state index is 0.471. The Morgan fingerprint density at radius 1 is 1.27 bits per heavy atom. The molecule has 1 fully saturated rings. The van der Waals surface area contributed by atoms with Crippen LogP contribution in [0.2, 0.25) is 10.0 Å². The van der Waals surface area contributed by atoms with Crippen LogP contribution < -0.4 is 14.8 Å². The van der Waals surface area contributed by atoms with E-state index < -0.39 is 11.9 Å². The smallest absolute Gasteiger partial charge is 0.328 e. The molecule has 0 aliphatic carbocycles. The molecule has 1 unspecified atom stereocenters. The fourth-order valence-electron chi connectivity index (χ4n) is 2.30. The molecule has 0 aromatic heterocycles. The van der Waals surface area contributed by atoms with E-state index in [0.717, 1.165) is 13.0 Å². The minimum Gasteiger partial charge on any atom is -0.491 e. The number of carbonyl (C=O) groups is 2. The van der Waals surface area contributed by atoms with Gasteiger partial charge in [0.25, 0.3) is 0 Å². The third-order valence-corrected chi connectivity index (χ3v) is 3.93. The van der Waals surface area contributed by atoms with Gasteiger partial charge in [-0.05, 0) is 31.9 Å². The molecule has 2 rings (SSSR count). The van der Waals surface area contributed by atoms with Gasteiger partial charge in [-0.25, -0.2) is 9.59 Å². The van der Waals surface area contributed by atoms with E-state index >= 15 is 0 Å². The summed E-state index contributed by atoms with van der Waals surface area (Å²) in [5.74, 6) is -1.37. The Morgan fingerprint density at radius 2 is 1.92 bits per heavy atom. The van der Waals surface area contributed by atoms with E-state index in [1.54, 1.807) is 19.2 Å². The lowest BCUT2D eigenvalue weighted by Crippen LogP contribution is -2.23. The van der Waals surface area contributed by atoms with E-state index in [1.165, 1.54) is 12.8 Å². The van der Waals surface area contributed by atoms with Gasteiger partial charge in [0.2, 0.25) is 0 Å². The second kappa shape index (κ2) is 11.6. The lowest BCUT2D eigenvalue weighted by molar-refractivity contribution is -0.134. The average Bonchev–Trinajstić information content (AvgIpc) is 3.06. The summed E-state index contributed by atoms with van der Waals surface area (Å²) in [5.41, 5.74) is 0. The molecule has 1 aliphatic heterocycles. The lowest BCUT2D eigenvalue weighted by Gasteiger charge is -2.14. The van der Waals surface area contributed by atoms with E-state index in [1.807, 2.05) is 0 Å². The van der Waals surface area contributed by atoms with Crippen LogP contribution in [0.4, 0.5) is 0 Å². The Balaban J connectivity index is 0.000000359. The zero-order valence-electron chi connectivity index (χ0n) is 14.2. The predicted molar refractivity (Wildman–Crippen MR) is 98.6 cm³/mol. The molecule has 0 amide bonds. The van der Waals surface area contributed by atoms with Crippen LogP contribution in [0.25, 0.3) is 0 Å². The first-order chi connectivity index (χ1) is 12.3. The summed E-state index contributed by atoms with van der Waals surface area (Å²) < 4.78 is 10.9. The quantitative estimate of drug-likeness (QED) is 0.597. The summed E-state index contributed by atoms with van der Waals surface area (Å²) in [7, 11) is 1.57. The number of rotatable bonds is 7. The van der Waals surface area contributed by atoms with Crippen molar-refractivity contribution in [2.45, 2.75) is 25.3 Å². The number of carboxylic acid groups (broad SMARTS) is 2. The van der Waals surface area contributed by atoms with Crippen molar-refractivity contribution in [2.75, 3.05) is 20.3 Å². The van der Waals surface area contributed by atoms with Crippen molar-refractivity contribution in [3.05, 3.63) is 34.3 Å². The normalized spacial score (nSPS) is 16.0. The molecule has 1 atom stereocenters. The molecule has 1 aromatic carbocycles. The Morgan fingerprint density at radius 3 is 2.42 bits per heavy atom. The first-order valence-corrected chi connectivity index (χ1v) is 8.62. The number of methoxy groups -OCH3 is 1. The maximum Gasteiger partial charge on any atom is 0.328 e. The summed E-state index contributed by atoms with van der Waals surface area (Å²) in [4.78, 5) is 19.1. The SMILES string of the molecule is COc1c(Cl)cc(Cl)cc1OCCC1CCCN1.O=C(O)/C=C/C(=O)O. The van der Waals surface area contributed by atoms with Gasteiger partial charge in [0, 0.05) is 29.3 Å². The van der Waals surface area contributed by atoms with Gasteiger partial charge < -0.3 is 25.0 Å². The van der Waals surface area contributed by atoms with E-state index in [0.29, 0.717) is 46.3 Å². The minimum atomic E-state index is -1.26.